The van der Waals surface area contributed by atoms with Gasteiger partial charge < -0.3 is 0 Å². The van der Waals surface area contributed by atoms with E-state index in [9.17, 15) is 0 Å². The summed E-state index contributed by atoms with van der Waals surface area (Å²) in [7, 11) is 0. The second-order valence-corrected chi connectivity index (χ2v) is 2.36. The molecule has 1 rings (SSSR count). The van der Waals surface area contributed by atoms with Crippen molar-refractivity contribution in [1.82, 2.24) is 0 Å². The van der Waals surface area contributed by atoms with Gasteiger partial charge in [0.05, 0.1) is 0 Å². The van der Waals surface area contributed by atoms with E-state index in [-0.39, 0.29) is 29.6 Å². The predicted octanol–water partition coefficient (Wildman–Crippen LogP) is -0.510. The van der Waals surface area contributed by atoms with Crippen LogP contribution in [0.3, 0.4) is 0 Å². The average molecular weight is 142 g/mol. The summed E-state index contributed by atoms with van der Waals surface area (Å²) >= 11 is 0. The first-order chi connectivity index (χ1) is 4.22. The molecule has 0 saturated carbocycles. The van der Waals surface area contributed by atoms with Gasteiger partial charge in [0.2, 0.25) is 0 Å². The van der Waals surface area contributed by atoms with Gasteiger partial charge in [-0.2, -0.15) is 18.6 Å². The minimum atomic E-state index is 0. The van der Waals surface area contributed by atoms with Crippen LogP contribution in [0.5, 0.6) is 0 Å². The van der Waals surface area contributed by atoms with Gasteiger partial charge in [-0.3, -0.25) is 0 Å². The zero-order valence-corrected chi connectivity index (χ0v) is 8.94. The van der Waals surface area contributed by atoms with Gasteiger partial charge in [0.15, 0.2) is 0 Å². The molecule has 0 N–H and O–H groups in total. The Kier molecular flexibility index (Phi) is 4.11. The van der Waals surface area contributed by atoms with E-state index < -0.39 is 0 Å². The van der Waals surface area contributed by atoms with Crippen molar-refractivity contribution in [2.45, 2.75) is 13.8 Å². The molecule has 0 nitrogen and oxygen atoms in total. The quantitative estimate of drug-likeness (QED) is 0.338. The summed E-state index contributed by atoms with van der Waals surface area (Å²) in [5.74, 6) is 0. The van der Waals surface area contributed by atoms with E-state index in [2.05, 4.69) is 26.8 Å². The molecule has 1 aromatic rings. The summed E-state index contributed by atoms with van der Waals surface area (Å²) in [5.41, 5.74) is 3.76. The minimum absolute atomic E-state index is 0. The topological polar surface area (TPSA) is 0 Å². The number of rotatable bonds is 0. The molecule has 0 aliphatic rings. The summed E-state index contributed by atoms with van der Waals surface area (Å²) in [4.78, 5) is 0. The fourth-order valence-corrected chi connectivity index (χ4v) is 0.812. The molecule has 0 fully saturated rings. The smallest absolute Gasteiger partial charge is 0.198 e. The molecule has 0 heterocycles. The van der Waals surface area contributed by atoms with Crippen molar-refractivity contribution in [3.05, 3.63) is 41.8 Å². The SMILES string of the molecule is [CH2-]c1cccc(C)c1C.[Na+]. The number of hydrogen-bond acceptors (Lipinski definition) is 0. The number of hydrogen-bond donors (Lipinski definition) is 0. The Morgan fingerprint density at radius 1 is 1.20 bits per heavy atom. The molecule has 0 aromatic heterocycles. The van der Waals surface area contributed by atoms with Crippen molar-refractivity contribution < 1.29 is 29.6 Å². The third-order valence-electron chi connectivity index (χ3n) is 1.72. The van der Waals surface area contributed by atoms with Gasteiger partial charge in [0.1, 0.15) is 0 Å². The maximum absolute atomic E-state index is 3.88. The summed E-state index contributed by atoms with van der Waals surface area (Å²) in [6, 6.07) is 6.16. The number of aryl methyl sites for hydroxylation is 1. The third kappa shape index (κ3) is 2.05. The van der Waals surface area contributed by atoms with Gasteiger partial charge in [-0.15, -0.1) is 17.2 Å². The molecule has 0 spiro atoms. The molecule has 0 saturated heterocycles. The van der Waals surface area contributed by atoms with Crippen LogP contribution in [0.4, 0.5) is 0 Å². The molecule has 0 amide bonds. The fourth-order valence-electron chi connectivity index (χ4n) is 0.812. The Labute approximate surface area is 84.9 Å². The van der Waals surface area contributed by atoms with E-state index in [1.807, 2.05) is 12.1 Å². The third-order valence-corrected chi connectivity index (χ3v) is 1.72. The largest absolute Gasteiger partial charge is 1.00 e. The van der Waals surface area contributed by atoms with Crippen LogP contribution in [-0.4, -0.2) is 0 Å². The van der Waals surface area contributed by atoms with Crippen molar-refractivity contribution in [2.75, 3.05) is 0 Å². The zero-order chi connectivity index (χ0) is 6.85. The van der Waals surface area contributed by atoms with Crippen LogP contribution in [0.25, 0.3) is 0 Å². The Balaban J connectivity index is 0.000000810. The standard InChI is InChI=1S/C9H11.Na/c1-7-5-4-6-8(2)9(7)3;/h4-6H,1H2,2-3H3;/q-1;+1. The first-order valence-electron chi connectivity index (χ1n) is 3.10. The average Bonchev–Trinajstić information content (AvgIpc) is 1.83. The van der Waals surface area contributed by atoms with Gasteiger partial charge in [0.25, 0.3) is 0 Å². The van der Waals surface area contributed by atoms with Crippen LogP contribution >= 0.6 is 0 Å². The van der Waals surface area contributed by atoms with Gasteiger partial charge in [-0.25, -0.2) is 0 Å². The van der Waals surface area contributed by atoms with Gasteiger partial charge in [-0.05, 0) is 0 Å². The molecule has 1 heteroatoms. The second kappa shape index (κ2) is 4.07. The van der Waals surface area contributed by atoms with Crippen molar-refractivity contribution in [3.63, 3.8) is 0 Å². The summed E-state index contributed by atoms with van der Waals surface area (Å²) < 4.78 is 0. The normalized spacial score (nSPS) is 8.60. The maximum atomic E-state index is 3.88. The fraction of sp³-hybridized carbons (Fsp3) is 0.222. The second-order valence-electron chi connectivity index (χ2n) is 2.36. The van der Waals surface area contributed by atoms with Crippen LogP contribution in [0.1, 0.15) is 16.7 Å². The van der Waals surface area contributed by atoms with Crippen LogP contribution in [0, 0.1) is 20.8 Å². The Morgan fingerprint density at radius 2 is 1.80 bits per heavy atom. The first kappa shape index (κ1) is 10.1. The zero-order valence-electron chi connectivity index (χ0n) is 6.94. The van der Waals surface area contributed by atoms with E-state index in [0.29, 0.717) is 0 Å². The first-order valence-corrected chi connectivity index (χ1v) is 3.10. The molecule has 0 atom stereocenters. The Hall–Kier alpha value is 0.0900. The van der Waals surface area contributed by atoms with Crippen molar-refractivity contribution in [1.29, 1.82) is 0 Å². The van der Waals surface area contributed by atoms with Crippen LogP contribution in [-0.2, 0) is 0 Å². The number of benzene rings is 1. The van der Waals surface area contributed by atoms with Gasteiger partial charge in [-0.1, -0.05) is 19.9 Å². The van der Waals surface area contributed by atoms with Crippen molar-refractivity contribution in [2.24, 2.45) is 0 Å². The molecule has 48 valence electrons. The van der Waals surface area contributed by atoms with Gasteiger partial charge in [0, 0.05) is 0 Å². The van der Waals surface area contributed by atoms with E-state index in [1.165, 1.54) is 11.1 Å². The molecule has 0 radical (unpaired) electrons. The minimum Gasteiger partial charge on any atom is -0.198 e. The predicted molar refractivity (Wildman–Crippen MR) is 40.4 cm³/mol. The van der Waals surface area contributed by atoms with Gasteiger partial charge >= 0.3 is 29.6 Å². The molecule has 0 aliphatic carbocycles. The molecule has 0 unspecified atom stereocenters. The van der Waals surface area contributed by atoms with Crippen molar-refractivity contribution >= 4 is 0 Å². The summed E-state index contributed by atoms with van der Waals surface area (Å²) in [6.07, 6.45) is 0. The van der Waals surface area contributed by atoms with E-state index in [0.717, 1.165) is 5.56 Å². The van der Waals surface area contributed by atoms with E-state index >= 15 is 0 Å². The summed E-state index contributed by atoms with van der Waals surface area (Å²) in [6.45, 7) is 8.08. The summed E-state index contributed by atoms with van der Waals surface area (Å²) in [5, 5.41) is 0. The Morgan fingerprint density at radius 3 is 2.20 bits per heavy atom. The molecule has 10 heavy (non-hydrogen) atoms. The van der Waals surface area contributed by atoms with Crippen LogP contribution in [0.2, 0.25) is 0 Å². The van der Waals surface area contributed by atoms with Crippen molar-refractivity contribution in [3.8, 4) is 0 Å². The van der Waals surface area contributed by atoms with E-state index in [4.69, 9.17) is 0 Å². The monoisotopic (exact) mass is 142 g/mol. The molecule has 0 aliphatic heterocycles. The molecular formula is C9H11Na. The van der Waals surface area contributed by atoms with E-state index in [1.54, 1.807) is 0 Å². The molecule has 1 aromatic carbocycles. The maximum Gasteiger partial charge on any atom is 1.00 e. The molecular weight excluding hydrogens is 131 g/mol. The molecule has 0 bridgehead atoms. The van der Waals surface area contributed by atoms with Crippen LogP contribution < -0.4 is 29.6 Å². The Bertz CT molecular complexity index is 196. The van der Waals surface area contributed by atoms with Crippen LogP contribution in [0.15, 0.2) is 18.2 Å².